The summed E-state index contributed by atoms with van der Waals surface area (Å²) in [7, 11) is 0. The fourth-order valence-corrected chi connectivity index (χ4v) is 1.92. The highest BCUT2D eigenvalue weighted by molar-refractivity contribution is 5.69. The number of carboxylic acids is 1. The zero-order valence-electron chi connectivity index (χ0n) is 11.8. The highest BCUT2D eigenvalue weighted by Crippen LogP contribution is 2.13. The number of carbonyl (C=O) groups is 1. The monoisotopic (exact) mass is 285 g/mol. The number of halogens is 2. The van der Waals surface area contributed by atoms with E-state index in [0.29, 0.717) is 12.0 Å². The van der Waals surface area contributed by atoms with Crippen LogP contribution in [0.4, 0.5) is 8.78 Å². The minimum absolute atomic E-state index is 0.124. The number of aliphatic carboxylic acids is 1. The molecule has 0 aromatic heterocycles. The Morgan fingerprint density at radius 1 is 1.30 bits per heavy atom. The lowest BCUT2D eigenvalue weighted by molar-refractivity contribution is -0.141. The number of hydrogen-bond acceptors (Lipinski definition) is 2. The molecule has 1 aromatic carbocycles. The molecule has 3 nitrogen and oxygen atoms in total. The molecule has 1 rings (SSSR count). The molecule has 0 saturated heterocycles. The van der Waals surface area contributed by atoms with E-state index in [1.54, 1.807) is 13.0 Å². The van der Waals surface area contributed by atoms with Gasteiger partial charge in [0, 0.05) is 18.2 Å². The van der Waals surface area contributed by atoms with E-state index >= 15 is 0 Å². The van der Waals surface area contributed by atoms with E-state index in [-0.39, 0.29) is 18.5 Å². The Morgan fingerprint density at radius 2 is 2.00 bits per heavy atom. The predicted octanol–water partition coefficient (Wildman–Crippen LogP) is 3.33. The molecular formula is C15H21F2NO2. The molecule has 0 bridgehead atoms. The normalized spacial score (nSPS) is 14.0. The number of nitrogens with one attached hydrogen (secondary N) is 1. The fourth-order valence-electron chi connectivity index (χ4n) is 1.92. The molecule has 20 heavy (non-hydrogen) atoms. The van der Waals surface area contributed by atoms with Gasteiger partial charge in [-0.25, -0.2) is 8.78 Å². The number of benzene rings is 1. The van der Waals surface area contributed by atoms with Crippen molar-refractivity contribution in [1.82, 2.24) is 5.32 Å². The van der Waals surface area contributed by atoms with Gasteiger partial charge in [0.15, 0.2) is 11.6 Å². The van der Waals surface area contributed by atoms with E-state index in [1.807, 2.05) is 6.92 Å². The summed E-state index contributed by atoms with van der Waals surface area (Å²) in [6, 6.07) is 4.24. The van der Waals surface area contributed by atoms with Gasteiger partial charge >= 0.3 is 5.97 Å². The molecule has 0 heterocycles. The average molecular weight is 285 g/mol. The van der Waals surface area contributed by atoms with Crippen LogP contribution in [0.1, 0.15) is 38.7 Å². The van der Waals surface area contributed by atoms with Gasteiger partial charge in [-0.15, -0.1) is 0 Å². The van der Waals surface area contributed by atoms with Gasteiger partial charge in [-0.1, -0.05) is 25.5 Å². The molecule has 0 saturated carbocycles. The second-order valence-electron chi connectivity index (χ2n) is 5.17. The van der Waals surface area contributed by atoms with Crippen molar-refractivity contribution in [2.75, 3.05) is 0 Å². The minimum atomic E-state index is -0.841. The van der Waals surface area contributed by atoms with Gasteiger partial charge < -0.3 is 10.4 Å². The standard InChI is InChI=1S/C15H21F2NO2/c1-10(15(19)20)5-3-6-11(2)18-9-12-7-4-8-13(16)14(12)17/h4,7-8,10-11,18H,3,5-6,9H2,1-2H3,(H,19,20). The van der Waals surface area contributed by atoms with Crippen molar-refractivity contribution in [1.29, 1.82) is 0 Å². The predicted molar refractivity (Wildman–Crippen MR) is 73.3 cm³/mol. The highest BCUT2D eigenvalue weighted by Gasteiger charge is 2.12. The van der Waals surface area contributed by atoms with Crippen molar-refractivity contribution >= 4 is 5.97 Å². The van der Waals surface area contributed by atoms with Crippen LogP contribution in [0, 0.1) is 17.6 Å². The zero-order chi connectivity index (χ0) is 15.1. The summed E-state index contributed by atoms with van der Waals surface area (Å²) >= 11 is 0. The zero-order valence-corrected chi connectivity index (χ0v) is 11.8. The van der Waals surface area contributed by atoms with Crippen molar-refractivity contribution in [3.8, 4) is 0 Å². The summed E-state index contributed by atoms with van der Waals surface area (Å²) in [5.41, 5.74) is 0.302. The van der Waals surface area contributed by atoms with Crippen LogP contribution in [0.3, 0.4) is 0 Å². The summed E-state index contributed by atoms with van der Waals surface area (Å²) in [4.78, 5) is 10.7. The van der Waals surface area contributed by atoms with E-state index in [1.165, 1.54) is 6.07 Å². The molecule has 2 atom stereocenters. The van der Waals surface area contributed by atoms with Gasteiger partial charge in [0.2, 0.25) is 0 Å². The Hall–Kier alpha value is -1.49. The minimum Gasteiger partial charge on any atom is -0.481 e. The number of carboxylic acid groups (broad SMARTS) is 1. The molecule has 0 aliphatic carbocycles. The van der Waals surface area contributed by atoms with E-state index in [9.17, 15) is 13.6 Å². The molecule has 1 aromatic rings. The molecule has 5 heteroatoms. The van der Waals surface area contributed by atoms with E-state index in [0.717, 1.165) is 18.9 Å². The molecule has 0 amide bonds. The van der Waals surface area contributed by atoms with Crippen LogP contribution in [0.2, 0.25) is 0 Å². The smallest absolute Gasteiger partial charge is 0.306 e. The third-order valence-corrected chi connectivity index (χ3v) is 3.37. The van der Waals surface area contributed by atoms with Gasteiger partial charge in [0.25, 0.3) is 0 Å². The van der Waals surface area contributed by atoms with Crippen LogP contribution >= 0.6 is 0 Å². The van der Waals surface area contributed by atoms with Gasteiger partial charge in [0.1, 0.15) is 0 Å². The first-order chi connectivity index (χ1) is 9.41. The van der Waals surface area contributed by atoms with Gasteiger partial charge in [-0.05, 0) is 25.8 Å². The lowest BCUT2D eigenvalue weighted by Gasteiger charge is -2.15. The first kappa shape index (κ1) is 16.6. The summed E-state index contributed by atoms with van der Waals surface area (Å²) < 4.78 is 26.4. The SMILES string of the molecule is CC(CCCC(C)C(=O)O)NCc1cccc(F)c1F. The fraction of sp³-hybridized carbons (Fsp3) is 0.533. The second kappa shape index (κ2) is 7.94. The van der Waals surface area contributed by atoms with Crippen molar-refractivity contribution in [2.24, 2.45) is 5.92 Å². The maximum atomic E-state index is 13.4. The summed E-state index contributed by atoms with van der Waals surface area (Å²) in [5.74, 6) is -2.78. The van der Waals surface area contributed by atoms with Crippen LogP contribution in [0.15, 0.2) is 18.2 Å². The number of hydrogen-bond donors (Lipinski definition) is 2. The molecule has 0 aliphatic heterocycles. The molecule has 0 aliphatic rings. The highest BCUT2D eigenvalue weighted by atomic mass is 19.2. The molecule has 2 unspecified atom stereocenters. The van der Waals surface area contributed by atoms with Crippen LogP contribution in [0.5, 0.6) is 0 Å². The Morgan fingerprint density at radius 3 is 2.65 bits per heavy atom. The Labute approximate surface area is 118 Å². The van der Waals surface area contributed by atoms with Gasteiger partial charge in [-0.2, -0.15) is 0 Å². The summed E-state index contributed by atoms with van der Waals surface area (Å²) in [6.45, 7) is 3.89. The molecule has 2 N–H and O–H groups in total. The maximum absolute atomic E-state index is 13.4. The largest absolute Gasteiger partial charge is 0.481 e. The van der Waals surface area contributed by atoms with Crippen LogP contribution < -0.4 is 5.32 Å². The lowest BCUT2D eigenvalue weighted by atomic mass is 10.0. The van der Waals surface area contributed by atoms with Crippen LogP contribution in [-0.4, -0.2) is 17.1 Å². The lowest BCUT2D eigenvalue weighted by Crippen LogP contribution is -2.26. The third kappa shape index (κ3) is 5.25. The van der Waals surface area contributed by atoms with E-state index < -0.39 is 17.6 Å². The topological polar surface area (TPSA) is 49.3 Å². The molecule has 112 valence electrons. The van der Waals surface area contributed by atoms with Gasteiger partial charge in [0.05, 0.1) is 5.92 Å². The van der Waals surface area contributed by atoms with Crippen LogP contribution in [-0.2, 0) is 11.3 Å². The van der Waals surface area contributed by atoms with Crippen molar-refractivity contribution in [3.05, 3.63) is 35.4 Å². The first-order valence-corrected chi connectivity index (χ1v) is 6.81. The van der Waals surface area contributed by atoms with E-state index in [2.05, 4.69) is 5.32 Å². The molecule has 0 spiro atoms. The third-order valence-electron chi connectivity index (χ3n) is 3.37. The summed E-state index contributed by atoms with van der Waals surface area (Å²) in [6.07, 6.45) is 2.21. The molecule has 0 fully saturated rings. The quantitative estimate of drug-likeness (QED) is 0.770. The van der Waals surface area contributed by atoms with Crippen molar-refractivity contribution in [2.45, 2.75) is 45.7 Å². The number of rotatable bonds is 8. The van der Waals surface area contributed by atoms with Crippen LogP contribution in [0.25, 0.3) is 0 Å². The molecular weight excluding hydrogens is 264 g/mol. The van der Waals surface area contributed by atoms with Crippen molar-refractivity contribution in [3.63, 3.8) is 0 Å². The maximum Gasteiger partial charge on any atom is 0.306 e. The Kier molecular flexibility index (Phi) is 6.58. The Bertz CT molecular complexity index is 451. The first-order valence-electron chi connectivity index (χ1n) is 6.81. The van der Waals surface area contributed by atoms with Gasteiger partial charge in [-0.3, -0.25) is 4.79 Å². The van der Waals surface area contributed by atoms with E-state index in [4.69, 9.17) is 5.11 Å². The second-order valence-corrected chi connectivity index (χ2v) is 5.17. The summed E-state index contributed by atoms with van der Waals surface area (Å²) in [5, 5.41) is 11.9. The average Bonchev–Trinajstić information content (AvgIpc) is 2.40. The Balaban J connectivity index is 2.31. The van der Waals surface area contributed by atoms with Crippen molar-refractivity contribution < 1.29 is 18.7 Å². The molecule has 0 radical (unpaired) electrons.